The number of hydrogen-bond acceptors (Lipinski definition) is 2. The predicted molar refractivity (Wildman–Crippen MR) is 73.1 cm³/mol. The summed E-state index contributed by atoms with van der Waals surface area (Å²) in [5.41, 5.74) is 1.19. The topological polar surface area (TPSA) is 15.3 Å². The van der Waals surface area contributed by atoms with E-state index in [9.17, 15) is 4.39 Å². The zero-order valence-corrected chi connectivity index (χ0v) is 11.3. The summed E-state index contributed by atoms with van der Waals surface area (Å²) in [4.78, 5) is 2.37. The van der Waals surface area contributed by atoms with Crippen molar-refractivity contribution in [2.45, 2.75) is 38.3 Å². The van der Waals surface area contributed by atoms with Crippen molar-refractivity contribution >= 4 is 0 Å². The third-order valence-corrected chi connectivity index (χ3v) is 3.84. The lowest BCUT2D eigenvalue weighted by atomic mass is 9.99. The number of hydrogen-bond donors (Lipinski definition) is 1. The summed E-state index contributed by atoms with van der Waals surface area (Å²) in [7, 11) is 2.17. The minimum absolute atomic E-state index is 0.159. The fraction of sp³-hybridized carbons (Fsp3) is 0.600. The van der Waals surface area contributed by atoms with Crippen LogP contribution in [-0.4, -0.2) is 31.1 Å². The van der Waals surface area contributed by atoms with E-state index in [4.69, 9.17) is 0 Å². The molecule has 0 radical (unpaired) electrons. The molecule has 1 aromatic rings. The van der Waals surface area contributed by atoms with Gasteiger partial charge in [-0.1, -0.05) is 19.1 Å². The highest BCUT2D eigenvalue weighted by Crippen LogP contribution is 2.20. The first-order valence-corrected chi connectivity index (χ1v) is 6.89. The quantitative estimate of drug-likeness (QED) is 0.884. The van der Waals surface area contributed by atoms with Crippen LogP contribution in [0.4, 0.5) is 4.39 Å². The van der Waals surface area contributed by atoms with Crippen LogP contribution < -0.4 is 5.32 Å². The number of nitrogens with zero attached hydrogens (tertiary/aromatic N) is 1. The first kappa shape index (κ1) is 13.5. The van der Waals surface area contributed by atoms with Gasteiger partial charge >= 0.3 is 0 Å². The summed E-state index contributed by atoms with van der Waals surface area (Å²) < 4.78 is 12.9. The van der Waals surface area contributed by atoms with Crippen molar-refractivity contribution in [3.63, 3.8) is 0 Å². The third-order valence-electron chi connectivity index (χ3n) is 3.84. The van der Waals surface area contributed by atoms with Crippen LogP contribution in [0.1, 0.15) is 37.8 Å². The molecule has 1 aliphatic rings. The van der Waals surface area contributed by atoms with E-state index >= 15 is 0 Å². The number of piperidine rings is 1. The van der Waals surface area contributed by atoms with Crippen LogP contribution in [0.25, 0.3) is 0 Å². The van der Waals surface area contributed by atoms with Crippen molar-refractivity contribution in [3.8, 4) is 0 Å². The summed E-state index contributed by atoms with van der Waals surface area (Å²) in [5, 5.41) is 3.71. The van der Waals surface area contributed by atoms with Gasteiger partial charge in [-0.15, -0.1) is 0 Å². The van der Waals surface area contributed by atoms with E-state index in [1.807, 2.05) is 12.1 Å². The van der Waals surface area contributed by atoms with E-state index in [0.29, 0.717) is 12.1 Å². The van der Waals surface area contributed by atoms with Gasteiger partial charge < -0.3 is 10.2 Å². The highest BCUT2D eigenvalue weighted by atomic mass is 19.1. The Morgan fingerprint density at radius 2 is 1.89 bits per heavy atom. The lowest BCUT2D eigenvalue weighted by molar-refractivity contribution is 0.223. The van der Waals surface area contributed by atoms with Gasteiger partial charge in [0.05, 0.1) is 0 Å². The fourth-order valence-electron chi connectivity index (χ4n) is 2.60. The van der Waals surface area contributed by atoms with Crippen LogP contribution in [0, 0.1) is 5.82 Å². The van der Waals surface area contributed by atoms with Crippen LogP contribution in [0.15, 0.2) is 24.3 Å². The van der Waals surface area contributed by atoms with Crippen molar-refractivity contribution in [3.05, 3.63) is 35.6 Å². The lowest BCUT2D eigenvalue weighted by Crippen LogP contribution is -2.42. The number of likely N-dealkylation sites (tertiary alicyclic amines) is 1. The van der Waals surface area contributed by atoms with Gasteiger partial charge in [-0.3, -0.25) is 0 Å². The van der Waals surface area contributed by atoms with E-state index in [1.54, 1.807) is 12.1 Å². The van der Waals surface area contributed by atoms with E-state index in [-0.39, 0.29) is 5.82 Å². The molecule has 1 N–H and O–H groups in total. The predicted octanol–water partition coefficient (Wildman–Crippen LogP) is 2.96. The maximum absolute atomic E-state index is 12.9. The maximum Gasteiger partial charge on any atom is 0.123 e. The Morgan fingerprint density at radius 1 is 1.28 bits per heavy atom. The monoisotopic (exact) mass is 250 g/mol. The molecular weight excluding hydrogens is 227 g/mol. The lowest BCUT2D eigenvalue weighted by Gasteiger charge is -2.32. The Morgan fingerprint density at radius 3 is 2.44 bits per heavy atom. The normalized spacial score (nSPS) is 19.9. The van der Waals surface area contributed by atoms with Gasteiger partial charge in [0.1, 0.15) is 5.82 Å². The van der Waals surface area contributed by atoms with E-state index < -0.39 is 0 Å². The van der Waals surface area contributed by atoms with Gasteiger partial charge in [-0.25, -0.2) is 4.39 Å². The Balaban J connectivity index is 1.94. The number of halogens is 1. The van der Waals surface area contributed by atoms with Crippen molar-refractivity contribution in [1.82, 2.24) is 10.2 Å². The van der Waals surface area contributed by atoms with Gasteiger partial charge in [0, 0.05) is 12.1 Å². The summed E-state index contributed by atoms with van der Waals surface area (Å²) >= 11 is 0. The molecule has 1 atom stereocenters. The highest BCUT2D eigenvalue weighted by molar-refractivity contribution is 5.20. The second-order valence-corrected chi connectivity index (χ2v) is 5.26. The Labute approximate surface area is 109 Å². The number of nitrogens with one attached hydrogen (secondary N) is 1. The minimum atomic E-state index is -0.159. The smallest absolute Gasteiger partial charge is 0.123 e. The largest absolute Gasteiger partial charge is 0.307 e. The average molecular weight is 250 g/mol. The molecular formula is C15H23FN2. The zero-order chi connectivity index (χ0) is 13.0. The Bertz CT molecular complexity index is 355. The molecule has 3 heteroatoms. The first-order valence-electron chi connectivity index (χ1n) is 6.89. The molecule has 18 heavy (non-hydrogen) atoms. The van der Waals surface area contributed by atoms with E-state index in [0.717, 1.165) is 19.5 Å². The van der Waals surface area contributed by atoms with Crippen LogP contribution in [0.2, 0.25) is 0 Å². The summed E-state index contributed by atoms with van der Waals surface area (Å²) in [5.74, 6) is -0.159. The van der Waals surface area contributed by atoms with Crippen LogP contribution >= 0.6 is 0 Å². The molecule has 100 valence electrons. The van der Waals surface area contributed by atoms with Crippen LogP contribution in [-0.2, 0) is 0 Å². The minimum Gasteiger partial charge on any atom is -0.307 e. The molecule has 1 unspecified atom stereocenters. The zero-order valence-electron chi connectivity index (χ0n) is 11.3. The molecule has 2 rings (SSSR count). The van der Waals surface area contributed by atoms with Crippen molar-refractivity contribution in [1.29, 1.82) is 0 Å². The molecule has 0 spiro atoms. The molecule has 1 heterocycles. The Hall–Kier alpha value is -0.930. The van der Waals surface area contributed by atoms with E-state index in [1.165, 1.54) is 18.4 Å². The fourth-order valence-corrected chi connectivity index (χ4v) is 2.60. The summed E-state index contributed by atoms with van der Waals surface area (Å²) in [6.45, 7) is 4.50. The molecule has 1 fully saturated rings. The first-order chi connectivity index (χ1) is 8.69. The molecule has 1 aliphatic heterocycles. The third kappa shape index (κ3) is 3.53. The standard InChI is InChI=1S/C15H23FN2/c1-3-15(12-4-6-13(16)7-5-12)17-14-8-10-18(2)11-9-14/h4-7,14-15,17H,3,8-11H2,1-2H3. The van der Waals surface area contributed by atoms with Gasteiger partial charge in [-0.2, -0.15) is 0 Å². The molecule has 0 aliphatic carbocycles. The molecule has 1 aromatic carbocycles. The van der Waals surface area contributed by atoms with E-state index in [2.05, 4.69) is 24.2 Å². The molecule has 0 amide bonds. The molecule has 2 nitrogen and oxygen atoms in total. The second-order valence-electron chi connectivity index (χ2n) is 5.26. The maximum atomic E-state index is 12.9. The SMILES string of the molecule is CCC(NC1CCN(C)CC1)c1ccc(F)cc1. The van der Waals surface area contributed by atoms with Crippen molar-refractivity contribution in [2.75, 3.05) is 20.1 Å². The van der Waals surface area contributed by atoms with Gasteiger partial charge in [-0.05, 0) is 57.1 Å². The second kappa shape index (κ2) is 6.30. The van der Waals surface area contributed by atoms with Gasteiger partial charge in [0.2, 0.25) is 0 Å². The summed E-state index contributed by atoms with van der Waals surface area (Å²) in [6.07, 6.45) is 3.44. The van der Waals surface area contributed by atoms with Gasteiger partial charge in [0.15, 0.2) is 0 Å². The molecule has 0 saturated carbocycles. The molecule has 1 saturated heterocycles. The van der Waals surface area contributed by atoms with Crippen molar-refractivity contribution in [2.24, 2.45) is 0 Å². The van der Waals surface area contributed by atoms with Crippen LogP contribution in [0.3, 0.4) is 0 Å². The van der Waals surface area contributed by atoms with Gasteiger partial charge in [0.25, 0.3) is 0 Å². The summed E-state index contributed by atoms with van der Waals surface area (Å²) in [6, 6.07) is 7.83. The van der Waals surface area contributed by atoms with Crippen molar-refractivity contribution < 1.29 is 4.39 Å². The average Bonchev–Trinajstić information content (AvgIpc) is 2.39. The highest BCUT2D eigenvalue weighted by Gasteiger charge is 2.19. The Kier molecular flexibility index (Phi) is 4.72. The number of rotatable bonds is 4. The van der Waals surface area contributed by atoms with Crippen LogP contribution in [0.5, 0.6) is 0 Å². The molecule has 0 bridgehead atoms. The number of benzene rings is 1. The molecule has 0 aromatic heterocycles.